The average molecular weight is 296 g/mol. The quantitative estimate of drug-likeness (QED) is 0.916. The first-order valence-corrected chi connectivity index (χ1v) is 6.92. The second kappa shape index (κ2) is 6.38. The molecule has 1 aromatic carbocycles. The zero-order valence-corrected chi connectivity index (χ0v) is 12.1. The Balaban J connectivity index is 2.13. The van der Waals surface area contributed by atoms with Crippen LogP contribution in [0.5, 0.6) is 0 Å². The van der Waals surface area contributed by atoms with Gasteiger partial charge in [-0.05, 0) is 23.6 Å². The fourth-order valence-electron chi connectivity index (χ4n) is 1.90. The summed E-state index contributed by atoms with van der Waals surface area (Å²) in [6, 6.07) is 9.77. The third kappa shape index (κ3) is 3.69. The summed E-state index contributed by atoms with van der Waals surface area (Å²) in [7, 11) is 0. The lowest BCUT2D eigenvalue weighted by Gasteiger charge is -2.12. The molecule has 100 valence electrons. The van der Waals surface area contributed by atoms with Crippen molar-refractivity contribution in [2.24, 2.45) is 0 Å². The normalized spacial score (nSPS) is 12.4. The van der Waals surface area contributed by atoms with Crippen LogP contribution in [0.15, 0.2) is 36.5 Å². The fraction of sp³-hybridized carbons (Fsp3) is 0.267. The lowest BCUT2D eigenvalue weighted by Crippen LogP contribution is -2.05. The van der Waals surface area contributed by atoms with E-state index >= 15 is 0 Å². The highest BCUT2D eigenvalue weighted by Gasteiger charge is 2.14. The van der Waals surface area contributed by atoms with Gasteiger partial charge in [0.15, 0.2) is 0 Å². The summed E-state index contributed by atoms with van der Waals surface area (Å²) in [5.74, 6) is 0. The summed E-state index contributed by atoms with van der Waals surface area (Å²) in [6.07, 6.45) is 2.26. The molecule has 0 saturated heterocycles. The van der Waals surface area contributed by atoms with E-state index in [0.717, 1.165) is 12.0 Å². The third-order valence-electron chi connectivity index (χ3n) is 3.01. The highest BCUT2D eigenvalue weighted by Crippen LogP contribution is 2.26. The number of hydrogen-bond donors (Lipinski definition) is 1. The van der Waals surface area contributed by atoms with Crippen molar-refractivity contribution in [1.29, 1.82) is 0 Å². The molecular formula is C15H15Cl2NO. The number of rotatable bonds is 4. The van der Waals surface area contributed by atoms with E-state index in [1.54, 1.807) is 6.07 Å². The van der Waals surface area contributed by atoms with Crippen molar-refractivity contribution in [3.63, 3.8) is 0 Å². The summed E-state index contributed by atoms with van der Waals surface area (Å²) in [6.45, 7) is 2.11. The Bertz CT molecular complexity index is 555. The number of halogens is 2. The molecule has 1 unspecified atom stereocenters. The van der Waals surface area contributed by atoms with E-state index in [9.17, 15) is 5.11 Å². The maximum absolute atomic E-state index is 10.2. The van der Waals surface area contributed by atoms with Gasteiger partial charge in [0.25, 0.3) is 0 Å². The van der Waals surface area contributed by atoms with Crippen molar-refractivity contribution < 1.29 is 5.11 Å². The third-order valence-corrected chi connectivity index (χ3v) is 3.52. The molecule has 0 radical (unpaired) electrons. The molecule has 1 heterocycles. The number of hydrogen-bond acceptors (Lipinski definition) is 2. The van der Waals surface area contributed by atoms with Crippen LogP contribution in [0.4, 0.5) is 0 Å². The van der Waals surface area contributed by atoms with Crippen molar-refractivity contribution in [3.8, 4) is 0 Å². The predicted octanol–water partition coefficient (Wildman–Crippen LogP) is 4.23. The first-order valence-electron chi connectivity index (χ1n) is 6.17. The van der Waals surface area contributed by atoms with Crippen LogP contribution in [-0.4, -0.2) is 10.1 Å². The maximum atomic E-state index is 10.2. The topological polar surface area (TPSA) is 33.1 Å². The monoisotopic (exact) mass is 295 g/mol. The molecule has 0 aliphatic heterocycles. The van der Waals surface area contributed by atoms with Crippen molar-refractivity contribution in [1.82, 2.24) is 4.98 Å². The molecule has 1 atom stereocenters. The van der Waals surface area contributed by atoms with Crippen molar-refractivity contribution >= 4 is 23.2 Å². The SMILES string of the molecule is CCc1ccc(CC(O)c2ncc(Cl)cc2Cl)cc1. The minimum Gasteiger partial charge on any atom is -0.386 e. The van der Waals surface area contributed by atoms with E-state index in [4.69, 9.17) is 23.2 Å². The van der Waals surface area contributed by atoms with Crippen LogP contribution in [0.3, 0.4) is 0 Å². The van der Waals surface area contributed by atoms with Gasteiger partial charge >= 0.3 is 0 Å². The number of nitrogens with zero attached hydrogens (tertiary/aromatic N) is 1. The molecule has 4 heteroatoms. The Morgan fingerprint density at radius 1 is 1.16 bits per heavy atom. The number of pyridine rings is 1. The van der Waals surface area contributed by atoms with E-state index in [-0.39, 0.29) is 0 Å². The molecule has 1 aromatic heterocycles. The standard InChI is InChI=1S/C15H15Cl2NO/c1-2-10-3-5-11(6-4-10)7-14(19)15-13(17)8-12(16)9-18-15/h3-6,8-9,14,19H,2,7H2,1H3. The average Bonchev–Trinajstić information content (AvgIpc) is 2.39. The van der Waals surface area contributed by atoms with Crippen LogP contribution in [-0.2, 0) is 12.8 Å². The minimum atomic E-state index is -0.725. The number of benzene rings is 1. The van der Waals surface area contributed by atoms with Crippen LogP contribution >= 0.6 is 23.2 Å². The van der Waals surface area contributed by atoms with E-state index < -0.39 is 6.10 Å². The molecule has 2 nitrogen and oxygen atoms in total. The second-order valence-electron chi connectivity index (χ2n) is 4.41. The number of aryl methyl sites for hydroxylation is 1. The van der Waals surface area contributed by atoms with Crippen LogP contribution in [0.2, 0.25) is 10.0 Å². The number of aromatic nitrogens is 1. The molecule has 0 spiro atoms. The minimum absolute atomic E-state index is 0.394. The van der Waals surface area contributed by atoms with Crippen molar-refractivity contribution in [3.05, 3.63) is 63.4 Å². The molecule has 19 heavy (non-hydrogen) atoms. The first kappa shape index (κ1) is 14.3. The van der Waals surface area contributed by atoms with Crippen LogP contribution in [0, 0.1) is 0 Å². The van der Waals surface area contributed by atoms with Crippen LogP contribution in [0.25, 0.3) is 0 Å². The molecule has 0 bridgehead atoms. The summed E-state index contributed by atoms with van der Waals surface area (Å²) in [5.41, 5.74) is 2.80. The van der Waals surface area contributed by atoms with E-state index in [1.807, 2.05) is 12.1 Å². The molecule has 0 amide bonds. The van der Waals surface area contributed by atoms with Gasteiger partial charge in [-0.1, -0.05) is 54.4 Å². The molecule has 1 N–H and O–H groups in total. The van der Waals surface area contributed by atoms with Gasteiger partial charge in [0.2, 0.25) is 0 Å². The predicted molar refractivity (Wildman–Crippen MR) is 78.7 cm³/mol. The Morgan fingerprint density at radius 3 is 2.37 bits per heavy atom. The van der Waals surface area contributed by atoms with Crippen LogP contribution in [0.1, 0.15) is 29.8 Å². The van der Waals surface area contributed by atoms with Gasteiger partial charge in [0, 0.05) is 12.6 Å². The summed E-state index contributed by atoms with van der Waals surface area (Å²) in [4.78, 5) is 4.09. The number of aliphatic hydroxyl groups excluding tert-OH is 1. The zero-order valence-electron chi connectivity index (χ0n) is 10.6. The van der Waals surface area contributed by atoms with Gasteiger partial charge in [-0.15, -0.1) is 0 Å². The van der Waals surface area contributed by atoms with E-state index in [2.05, 4.69) is 24.0 Å². The van der Waals surface area contributed by atoms with Gasteiger partial charge in [-0.2, -0.15) is 0 Å². The molecular weight excluding hydrogens is 281 g/mol. The number of aliphatic hydroxyl groups is 1. The molecule has 0 fully saturated rings. The molecule has 0 saturated carbocycles. The van der Waals surface area contributed by atoms with Crippen LogP contribution < -0.4 is 0 Å². The van der Waals surface area contributed by atoms with Gasteiger partial charge in [0.05, 0.1) is 15.7 Å². The maximum Gasteiger partial charge on any atom is 0.101 e. The Kier molecular flexibility index (Phi) is 4.81. The van der Waals surface area contributed by atoms with Gasteiger partial charge < -0.3 is 5.11 Å². The smallest absolute Gasteiger partial charge is 0.101 e. The molecule has 2 aromatic rings. The zero-order chi connectivity index (χ0) is 13.8. The Labute approximate surface area is 123 Å². The Morgan fingerprint density at radius 2 is 1.79 bits per heavy atom. The fourth-order valence-corrected chi connectivity index (χ4v) is 2.41. The lowest BCUT2D eigenvalue weighted by atomic mass is 10.0. The lowest BCUT2D eigenvalue weighted by molar-refractivity contribution is 0.173. The highest BCUT2D eigenvalue weighted by atomic mass is 35.5. The molecule has 0 aliphatic carbocycles. The van der Waals surface area contributed by atoms with Gasteiger partial charge in [-0.25, -0.2) is 0 Å². The van der Waals surface area contributed by atoms with Gasteiger partial charge in [-0.3, -0.25) is 4.98 Å². The first-order chi connectivity index (χ1) is 9.10. The highest BCUT2D eigenvalue weighted by molar-refractivity contribution is 6.34. The van der Waals surface area contributed by atoms with Crippen molar-refractivity contribution in [2.75, 3.05) is 0 Å². The Hall–Kier alpha value is -1.09. The largest absolute Gasteiger partial charge is 0.386 e. The molecule has 2 rings (SSSR count). The summed E-state index contributed by atoms with van der Waals surface area (Å²) in [5, 5.41) is 11.0. The van der Waals surface area contributed by atoms with E-state index in [0.29, 0.717) is 22.2 Å². The molecule has 0 aliphatic rings. The van der Waals surface area contributed by atoms with Crippen molar-refractivity contribution in [2.45, 2.75) is 25.9 Å². The second-order valence-corrected chi connectivity index (χ2v) is 5.25. The summed E-state index contributed by atoms with van der Waals surface area (Å²) >= 11 is 11.8. The van der Waals surface area contributed by atoms with E-state index in [1.165, 1.54) is 11.8 Å². The van der Waals surface area contributed by atoms with Gasteiger partial charge in [0.1, 0.15) is 6.10 Å². The summed E-state index contributed by atoms with van der Waals surface area (Å²) < 4.78 is 0.